The molecule has 2 aliphatic heterocycles. The number of carbonyl (C=O) groups excluding carboxylic acids is 2. The minimum absolute atomic E-state index is 0.0103. The van der Waals surface area contributed by atoms with Gasteiger partial charge in [0.15, 0.2) is 0 Å². The number of hydrogen-bond donors (Lipinski definition) is 2. The zero-order valence-electron chi connectivity index (χ0n) is 16.0. The first-order valence-corrected chi connectivity index (χ1v) is 9.53. The molecule has 26 heavy (non-hydrogen) atoms. The standard InChI is InChI=1S/C20H30N4O2/c1-14-5-4-6-15(2)19(14)22-18(25)13-23-7-9-24(10-8-23)20(26)16(3)17-11-21-12-17/h4-6,16-17,21H,7-13H2,1-3H3,(H,22,25). The van der Waals surface area contributed by atoms with Gasteiger partial charge in [0.25, 0.3) is 0 Å². The number of aryl methyl sites for hydroxylation is 2. The van der Waals surface area contributed by atoms with Crippen LogP contribution in [-0.2, 0) is 9.59 Å². The highest BCUT2D eigenvalue weighted by Crippen LogP contribution is 2.20. The zero-order chi connectivity index (χ0) is 18.7. The monoisotopic (exact) mass is 358 g/mol. The highest BCUT2D eigenvalue weighted by atomic mass is 16.2. The smallest absolute Gasteiger partial charge is 0.238 e. The highest BCUT2D eigenvalue weighted by Gasteiger charge is 2.33. The second kappa shape index (κ2) is 8.18. The van der Waals surface area contributed by atoms with Crippen LogP contribution in [0.4, 0.5) is 5.69 Å². The van der Waals surface area contributed by atoms with Gasteiger partial charge in [0.2, 0.25) is 11.8 Å². The van der Waals surface area contributed by atoms with E-state index in [0.717, 1.165) is 43.0 Å². The molecule has 2 N–H and O–H groups in total. The van der Waals surface area contributed by atoms with Crippen LogP contribution in [-0.4, -0.2) is 67.4 Å². The van der Waals surface area contributed by atoms with Gasteiger partial charge in [-0.1, -0.05) is 25.1 Å². The summed E-state index contributed by atoms with van der Waals surface area (Å²) < 4.78 is 0. The normalized spacial score (nSPS) is 19.7. The molecule has 2 fully saturated rings. The van der Waals surface area contributed by atoms with Crippen LogP contribution >= 0.6 is 0 Å². The van der Waals surface area contributed by atoms with Gasteiger partial charge < -0.3 is 15.5 Å². The Morgan fingerprint density at radius 3 is 2.31 bits per heavy atom. The lowest BCUT2D eigenvalue weighted by molar-refractivity contribution is -0.139. The van der Waals surface area contributed by atoms with Crippen LogP contribution in [0.1, 0.15) is 18.1 Å². The molecule has 1 atom stereocenters. The molecular weight excluding hydrogens is 328 g/mol. The fraction of sp³-hybridized carbons (Fsp3) is 0.600. The van der Waals surface area contributed by atoms with Crippen molar-refractivity contribution >= 4 is 17.5 Å². The quantitative estimate of drug-likeness (QED) is 0.831. The van der Waals surface area contributed by atoms with Crippen LogP contribution in [0.2, 0.25) is 0 Å². The van der Waals surface area contributed by atoms with E-state index in [0.29, 0.717) is 25.6 Å². The van der Waals surface area contributed by atoms with Crippen molar-refractivity contribution < 1.29 is 9.59 Å². The summed E-state index contributed by atoms with van der Waals surface area (Å²) in [4.78, 5) is 29.1. The topological polar surface area (TPSA) is 64.7 Å². The molecule has 0 radical (unpaired) electrons. The fourth-order valence-electron chi connectivity index (χ4n) is 3.67. The van der Waals surface area contributed by atoms with E-state index in [-0.39, 0.29) is 17.7 Å². The van der Waals surface area contributed by atoms with E-state index in [1.54, 1.807) is 0 Å². The number of para-hydroxylation sites is 1. The Hall–Kier alpha value is -1.92. The Bertz CT molecular complexity index is 644. The molecule has 0 saturated carbocycles. The van der Waals surface area contributed by atoms with Crippen LogP contribution in [0.3, 0.4) is 0 Å². The number of rotatable bonds is 5. The predicted octanol–water partition coefficient (Wildman–Crippen LogP) is 1.24. The first-order chi connectivity index (χ1) is 12.5. The fourth-order valence-corrected chi connectivity index (χ4v) is 3.67. The predicted molar refractivity (Wildman–Crippen MR) is 103 cm³/mol. The van der Waals surface area contributed by atoms with Crippen LogP contribution in [0.25, 0.3) is 0 Å². The van der Waals surface area contributed by atoms with Gasteiger partial charge in [-0.25, -0.2) is 0 Å². The number of anilines is 1. The van der Waals surface area contributed by atoms with Gasteiger partial charge in [-0.15, -0.1) is 0 Å². The largest absolute Gasteiger partial charge is 0.340 e. The van der Waals surface area contributed by atoms with E-state index in [1.807, 2.05) is 43.9 Å². The second-order valence-corrected chi connectivity index (χ2v) is 7.62. The average molecular weight is 358 g/mol. The Kier molecular flexibility index (Phi) is 5.94. The van der Waals surface area contributed by atoms with Crippen molar-refractivity contribution in [3.05, 3.63) is 29.3 Å². The summed E-state index contributed by atoms with van der Waals surface area (Å²) in [6.45, 7) is 11.2. The van der Waals surface area contributed by atoms with E-state index in [1.165, 1.54) is 0 Å². The molecule has 2 saturated heterocycles. The first-order valence-electron chi connectivity index (χ1n) is 9.53. The van der Waals surface area contributed by atoms with Crippen LogP contribution in [0, 0.1) is 25.7 Å². The summed E-state index contributed by atoms with van der Waals surface area (Å²) in [5.74, 6) is 0.839. The summed E-state index contributed by atoms with van der Waals surface area (Å²) in [7, 11) is 0. The van der Waals surface area contributed by atoms with E-state index in [9.17, 15) is 9.59 Å². The zero-order valence-corrected chi connectivity index (χ0v) is 16.0. The summed E-state index contributed by atoms with van der Waals surface area (Å²) in [5, 5.41) is 6.27. The van der Waals surface area contributed by atoms with Crippen molar-refractivity contribution in [3.63, 3.8) is 0 Å². The lowest BCUT2D eigenvalue weighted by Crippen LogP contribution is -2.55. The van der Waals surface area contributed by atoms with Crippen molar-refractivity contribution in [2.45, 2.75) is 20.8 Å². The number of benzene rings is 1. The molecule has 1 aromatic rings. The molecule has 2 amide bonds. The Morgan fingerprint density at radius 1 is 1.15 bits per heavy atom. The molecule has 0 aliphatic carbocycles. The van der Waals surface area contributed by atoms with E-state index in [2.05, 4.69) is 15.5 Å². The van der Waals surface area contributed by atoms with Gasteiger partial charge in [0, 0.05) is 37.8 Å². The summed E-state index contributed by atoms with van der Waals surface area (Å²) in [5.41, 5.74) is 3.07. The third-order valence-electron chi connectivity index (χ3n) is 5.71. The number of nitrogens with one attached hydrogen (secondary N) is 2. The highest BCUT2D eigenvalue weighted by molar-refractivity contribution is 5.93. The van der Waals surface area contributed by atoms with Crippen molar-refractivity contribution in [1.29, 1.82) is 0 Å². The number of piperazine rings is 1. The second-order valence-electron chi connectivity index (χ2n) is 7.62. The van der Waals surface area contributed by atoms with E-state index >= 15 is 0 Å². The number of nitrogens with zero attached hydrogens (tertiary/aromatic N) is 2. The number of amides is 2. The molecule has 0 spiro atoms. The van der Waals surface area contributed by atoms with Gasteiger partial charge in [-0.3, -0.25) is 14.5 Å². The first kappa shape index (κ1) is 18.9. The molecule has 2 aliphatic rings. The lowest BCUT2D eigenvalue weighted by atomic mass is 9.88. The molecule has 0 aromatic heterocycles. The molecule has 2 heterocycles. The number of carbonyl (C=O) groups is 2. The molecule has 1 aromatic carbocycles. The summed E-state index contributed by atoms with van der Waals surface area (Å²) in [6, 6.07) is 6.01. The minimum atomic E-state index is 0.0103. The third kappa shape index (κ3) is 4.24. The molecule has 6 heteroatoms. The summed E-state index contributed by atoms with van der Waals surface area (Å²) in [6.07, 6.45) is 0. The van der Waals surface area contributed by atoms with Gasteiger partial charge in [-0.2, -0.15) is 0 Å². The van der Waals surface area contributed by atoms with Crippen molar-refractivity contribution in [2.24, 2.45) is 11.8 Å². The van der Waals surface area contributed by atoms with Crippen molar-refractivity contribution in [3.8, 4) is 0 Å². The molecular formula is C20H30N4O2. The van der Waals surface area contributed by atoms with Crippen molar-refractivity contribution in [1.82, 2.24) is 15.1 Å². The molecule has 3 rings (SSSR count). The van der Waals surface area contributed by atoms with E-state index in [4.69, 9.17) is 0 Å². The Morgan fingerprint density at radius 2 is 1.77 bits per heavy atom. The van der Waals surface area contributed by atoms with Crippen molar-refractivity contribution in [2.75, 3.05) is 51.1 Å². The lowest BCUT2D eigenvalue weighted by Gasteiger charge is -2.39. The SMILES string of the molecule is Cc1cccc(C)c1NC(=O)CN1CCN(C(=O)C(C)C2CNC2)CC1. The van der Waals surface area contributed by atoms with Crippen LogP contribution < -0.4 is 10.6 Å². The van der Waals surface area contributed by atoms with Gasteiger partial charge in [0.1, 0.15) is 0 Å². The van der Waals surface area contributed by atoms with E-state index < -0.39 is 0 Å². The van der Waals surface area contributed by atoms with Gasteiger partial charge in [-0.05, 0) is 44.0 Å². The maximum atomic E-state index is 12.6. The summed E-state index contributed by atoms with van der Waals surface area (Å²) >= 11 is 0. The van der Waals surface area contributed by atoms with Crippen LogP contribution in [0.15, 0.2) is 18.2 Å². The molecule has 0 bridgehead atoms. The molecule has 1 unspecified atom stereocenters. The van der Waals surface area contributed by atoms with Gasteiger partial charge >= 0.3 is 0 Å². The minimum Gasteiger partial charge on any atom is -0.340 e. The molecule has 142 valence electrons. The maximum absolute atomic E-state index is 12.6. The van der Waals surface area contributed by atoms with Gasteiger partial charge in [0.05, 0.1) is 6.54 Å². The third-order valence-corrected chi connectivity index (χ3v) is 5.71. The molecule has 6 nitrogen and oxygen atoms in total. The number of hydrogen-bond acceptors (Lipinski definition) is 4. The Labute approximate surface area is 155 Å². The van der Waals surface area contributed by atoms with Crippen LogP contribution in [0.5, 0.6) is 0 Å². The maximum Gasteiger partial charge on any atom is 0.238 e. The average Bonchev–Trinajstić information content (AvgIpc) is 2.57. The Balaban J connectivity index is 1.46.